The zero-order valence-corrected chi connectivity index (χ0v) is 15.9. The van der Waals surface area contributed by atoms with Crippen molar-refractivity contribution in [2.75, 3.05) is 19.6 Å². The summed E-state index contributed by atoms with van der Waals surface area (Å²) in [6.45, 7) is 5.65. The van der Waals surface area contributed by atoms with E-state index < -0.39 is 22.4 Å². The minimum Gasteiger partial charge on any atom is -0.372 e. The smallest absolute Gasteiger partial charge is 0.325 e. The third kappa shape index (κ3) is 3.55. The van der Waals surface area contributed by atoms with Crippen LogP contribution in [0, 0.1) is 10.1 Å². The van der Waals surface area contributed by atoms with Gasteiger partial charge in [0.25, 0.3) is 11.6 Å². The van der Waals surface area contributed by atoms with Gasteiger partial charge in [-0.3, -0.25) is 24.6 Å². The van der Waals surface area contributed by atoms with Gasteiger partial charge in [0.05, 0.1) is 17.1 Å². The first kappa shape index (κ1) is 19.7. The highest BCUT2D eigenvalue weighted by molar-refractivity contribution is 6.09. The molecular weight excluding hydrogens is 368 g/mol. The van der Waals surface area contributed by atoms with Crippen molar-refractivity contribution in [1.82, 2.24) is 15.1 Å². The molecule has 0 bridgehead atoms. The Morgan fingerprint density at radius 2 is 1.82 bits per heavy atom. The Morgan fingerprint density at radius 1 is 1.25 bits per heavy atom. The van der Waals surface area contributed by atoms with E-state index in [1.165, 1.54) is 31.2 Å². The molecular formula is C18H22N4O6. The number of rotatable bonds is 4. The van der Waals surface area contributed by atoms with Crippen LogP contribution < -0.4 is 5.32 Å². The van der Waals surface area contributed by atoms with E-state index in [1.807, 2.05) is 13.8 Å². The first-order valence-corrected chi connectivity index (χ1v) is 8.94. The summed E-state index contributed by atoms with van der Waals surface area (Å²) in [6.07, 6.45) is -0.248. The molecule has 1 N–H and O–H groups in total. The number of ether oxygens (including phenoxy) is 1. The minimum atomic E-state index is -1.39. The Kier molecular flexibility index (Phi) is 5.07. The van der Waals surface area contributed by atoms with E-state index in [2.05, 4.69) is 5.32 Å². The maximum atomic E-state index is 12.9. The van der Waals surface area contributed by atoms with E-state index in [-0.39, 0.29) is 30.3 Å². The van der Waals surface area contributed by atoms with Crippen LogP contribution >= 0.6 is 0 Å². The lowest BCUT2D eigenvalue weighted by Crippen LogP contribution is -2.52. The van der Waals surface area contributed by atoms with Crippen LogP contribution in [0.15, 0.2) is 24.3 Å². The van der Waals surface area contributed by atoms with Gasteiger partial charge in [-0.15, -0.1) is 0 Å². The summed E-state index contributed by atoms with van der Waals surface area (Å²) < 4.78 is 5.59. The first-order chi connectivity index (χ1) is 13.1. The number of nitro groups is 1. The quantitative estimate of drug-likeness (QED) is 0.465. The highest BCUT2D eigenvalue weighted by Gasteiger charge is 2.50. The van der Waals surface area contributed by atoms with Gasteiger partial charge in [-0.05, 0) is 38.5 Å². The number of nitrogens with zero attached hydrogens (tertiary/aromatic N) is 3. The molecule has 0 aromatic heterocycles. The van der Waals surface area contributed by atoms with Gasteiger partial charge in [-0.2, -0.15) is 0 Å². The lowest BCUT2D eigenvalue weighted by molar-refractivity contribution is -0.384. The number of hydrogen-bond acceptors (Lipinski definition) is 6. The highest BCUT2D eigenvalue weighted by Crippen LogP contribution is 2.30. The van der Waals surface area contributed by atoms with E-state index in [0.717, 1.165) is 4.90 Å². The molecule has 0 spiro atoms. The fourth-order valence-corrected chi connectivity index (χ4v) is 3.57. The zero-order valence-electron chi connectivity index (χ0n) is 15.9. The molecule has 3 atom stereocenters. The molecule has 2 aliphatic heterocycles. The fourth-order valence-electron chi connectivity index (χ4n) is 3.57. The van der Waals surface area contributed by atoms with Crippen molar-refractivity contribution in [3.8, 4) is 0 Å². The van der Waals surface area contributed by atoms with Gasteiger partial charge in [0.1, 0.15) is 12.1 Å². The Bertz CT molecular complexity index is 816. The molecule has 1 aromatic carbocycles. The van der Waals surface area contributed by atoms with Crippen molar-refractivity contribution in [1.29, 1.82) is 0 Å². The molecule has 2 fully saturated rings. The van der Waals surface area contributed by atoms with Crippen LogP contribution in [-0.2, 0) is 19.9 Å². The van der Waals surface area contributed by atoms with E-state index in [9.17, 15) is 24.5 Å². The van der Waals surface area contributed by atoms with Crippen molar-refractivity contribution in [3.63, 3.8) is 0 Å². The van der Waals surface area contributed by atoms with Crippen LogP contribution in [0.5, 0.6) is 0 Å². The molecule has 1 aromatic rings. The van der Waals surface area contributed by atoms with Crippen LogP contribution in [0.4, 0.5) is 10.5 Å². The largest absolute Gasteiger partial charge is 0.372 e. The maximum Gasteiger partial charge on any atom is 0.325 e. The number of benzene rings is 1. The third-order valence-corrected chi connectivity index (χ3v) is 5.00. The van der Waals surface area contributed by atoms with E-state index in [1.54, 1.807) is 4.90 Å². The lowest BCUT2D eigenvalue weighted by Gasteiger charge is -2.35. The number of imide groups is 1. The van der Waals surface area contributed by atoms with Crippen molar-refractivity contribution >= 4 is 23.5 Å². The number of carbonyl (C=O) groups excluding carboxylic acids is 3. The Morgan fingerprint density at radius 3 is 2.36 bits per heavy atom. The van der Waals surface area contributed by atoms with Crippen molar-refractivity contribution < 1.29 is 24.0 Å². The molecule has 4 amide bonds. The monoisotopic (exact) mass is 390 g/mol. The summed E-state index contributed by atoms with van der Waals surface area (Å²) in [6, 6.07) is 4.71. The number of urea groups is 1. The molecule has 10 nitrogen and oxygen atoms in total. The van der Waals surface area contributed by atoms with Gasteiger partial charge in [0.15, 0.2) is 0 Å². The molecule has 2 heterocycles. The maximum absolute atomic E-state index is 12.9. The lowest BCUT2D eigenvalue weighted by atomic mass is 9.92. The van der Waals surface area contributed by atoms with Gasteiger partial charge in [0, 0.05) is 25.2 Å². The fraction of sp³-hybridized carbons (Fsp3) is 0.500. The molecule has 0 radical (unpaired) electrons. The standard InChI is InChI=1S/C18H22N4O6/c1-11-8-20(9-12(2)28-11)15(23)10-21-16(24)18(3,19-17(21)25)13-4-6-14(7-5-13)22(26)27/h4-7,11-12H,8-10H2,1-3H3,(H,19,25)/t11-,12-,18+/m0/s1. The predicted octanol–water partition coefficient (Wildman–Crippen LogP) is 0.998. The molecule has 150 valence electrons. The number of non-ortho nitro benzene ring substituents is 1. The van der Waals surface area contributed by atoms with Crippen molar-refractivity contribution in [2.24, 2.45) is 0 Å². The number of hydrogen-bond donors (Lipinski definition) is 1. The van der Waals surface area contributed by atoms with E-state index in [0.29, 0.717) is 18.7 Å². The summed E-state index contributed by atoms with van der Waals surface area (Å²) >= 11 is 0. The Labute approximate surface area is 161 Å². The van der Waals surface area contributed by atoms with E-state index in [4.69, 9.17) is 4.74 Å². The Balaban J connectivity index is 1.75. The molecule has 0 aliphatic carbocycles. The normalized spacial score (nSPS) is 27.7. The van der Waals surface area contributed by atoms with Gasteiger partial charge < -0.3 is 15.0 Å². The van der Waals surface area contributed by atoms with Crippen molar-refractivity contribution in [3.05, 3.63) is 39.9 Å². The van der Waals surface area contributed by atoms with E-state index >= 15 is 0 Å². The summed E-state index contributed by atoms with van der Waals surface area (Å²) in [7, 11) is 0. The second-order valence-electron chi connectivity index (χ2n) is 7.31. The van der Waals surface area contributed by atoms with Gasteiger partial charge in [-0.1, -0.05) is 0 Å². The van der Waals surface area contributed by atoms with Crippen LogP contribution in [0.3, 0.4) is 0 Å². The number of amides is 4. The van der Waals surface area contributed by atoms with Crippen molar-refractivity contribution in [2.45, 2.75) is 38.5 Å². The van der Waals surface area contributed by atoms with Crippen LogP contribution in [0.2, 0.25) is 0 Å². The summed E-state index contributed by atoms with van der Waals surface area (Å²) in [5, 5.41) is 13.4. The number of morpholine rings is 1. The van der Waals surface area contributed by atoms with Gasteiger partial charge in [-0.25, -0.2) is 4.79 Å². The van der Waals surface area contributed by atoms with Crippen LogP contribution in [0.1, 0.15) is 26.3 Å². The average molecular weight is 390 g/mol. The molecule has 28 heavy (non-hydrogen) atoms. The molecule has 0 saturated carbocycles. The molecule has 3 rings (SSSR count). The summed E-state index contributed by atoms with van der Waals surface area (Å²) in [4.78, 5) is 50.7. The second kappa shape index (κ2) is 7.19. The SMILES string of the molecule is C[C@H]1CN(C(=O)CN2C(=O)N[C@](C)(c3ccc([N+](=O)[O-])cc3)C2=O)C[C@H](C)O1. The third-order valence-electron chi connectivity index (χ3n) is 5.00. The minimum absolute atomic E-state index is 0.119. The molecule has 10 heteroatoms. The summed E-state index contributed by atoms with van der Waals surface area (Å²) in [5.74, 6) is -0.910. The predicted molar refractivity (Wildman–Crippen MR) is 97.3 cm³/mol. The van der Waals surface area contributed by atoms with Crippen LogP contribution in [-0.4, -0.2) is 64.4 Å². The Hall–Kier alpha value is -3.01. The zero-order chi connectivity index (χ0) is 20.6. The first-order valence-electron chi connectivity index (χ1n) is 8.94. The molecule has 2 saturated heterocycles. The molecule has 0 unspecified atom stereocenters. The second-order valence-corrected chi connectivity index (χ2v) is 7.31. The van der Waals surface area contributed by atoms with Crippen LogP contribution in [0.25, 0.3) is 0 Å². The van der Waals surface area contributed by atoms with Gasteiger partial charge in [0.2, 0.25) is 5.91 Å². The average Bonchev–Trinajstić information content (AvgIpc) is 2.85. The van der Waals surface area contributed by atoms with Gasteiger partial charge >= 0.3 is 6.03 Å². The number of nitrogens with one attached hydrogen (secondary N) is 1. The summed E-state index contributed by atoms with van der Waals surface area (Å²) in [5.41, 5.74) is -1.11. The molecule has 2 aliphatic rings. The highest BCUT2D eigenvalue weighted by atomic mass is 16.6. The topological polar surface area (TPSA) is 122 Å². The number of carbonyl (C=O) groups is 3. The number of nitro benzene ring substituents is 1.